The van der Waals surface area contributed by atoms with Gasteiger partial charge in [-0.25, -0.2) is 0 Å². The van der Waals surface area contributed by atoms with Crippen molar-refractivity contribution in [2.75, 3.05) is 16.8 Å². The van der Waals surface area contributed by atoms with Gasteiger partial charge in [0.1, 0.15) is 0 Å². The highest BCUT2D eigenvalue weighted by atomic mass is 16.2. The van der Waals surface area contributed by atoms with Crippen LogP contribution in [0.2, 0.25) is 0 Å². The number of nitrogens with zero attached hydrogens (tertiary/aromatic N) is 2. The van der Waals surface area contributed by atoms with Crippen molar-refractivity contribution in [3.05, 3.63) is 54.4 Å². The van der Waals surface area contributed by atoms with Crippen LogP contribution in [0.3, 0.4) is 0 Å². The van der Waals surface area contributed by atoms with Crippen molar-refractivity contribution in [3.63, 3.8) is 0 Å². The van der Waals surface area contributed by atoms with Gasteiger partial charge in [-0.3, -0.25) is 9.78 Å². The molecule has 1 aliphatic rings. The summed E-state index contributed by atoms with van der Waals surface area (Å²) >= 11 is 0. The Balaban J connectivity index is 1.84. The third kappa shape index (κ3) is 2.89. The van der Waals surface area contributed by atoms with Crippen LogP contribution in [0.4, 0.5) is 11.4 Å². The third-order valence-corrected chi connectivity index (χ3v) is 3.85. The van der Waals surface area contributed by atoms with E-state index in [0.29, 0.717) is 6.42 Å². The number of benzene rings is 1. The molecule has 108 valence electrons. The number of hydrogen-bond acceptors (Lipinski definition) is 3. The number of anilines is 2. The van der Waals surface area contributed by atoms with Crippen LogP contribution in [-0.4, -0.2) is 17.4 Å². The summed E-state index contributed by atoms with van der Waals surface area (Å²) < 4.78 is 0. The van der Waals surface area contributed by atoms with E-state index in [9.17, 15) is 4.79 Å². The summed E-state index contributed by atoms with van der Waals surface area (Å²) in [6, 6.07) is 12.2. The lowest BCUT2D eigenvalue weighted by Crippen LogP contribution is -2.25. The van der Waals surface area contributed by atoms with Crippen LogP contribution >= 0.6 is 0 Å². The van der Waals surface area contributed by atoms with Gasteiger partial charge >= 0.3 is 0 Å². The highest BCUT2D eigenvalue weighted by Gasteiger charge is 2.24. The van der Waals surface area contributed by atoms with Crippen molar-refractivity contribution in [2.24, 2.45) is 0 Å². The number of amides is 1. The normalized spacial score (nSPS) is 16.0. The van der Waals surface area contributed by atoms with E-state index in [-0.39, 0.29) is 11.9 Å². The molecule has 4 nitrogen and oxygen atoms in total. The number of nitrogens with one attached hydrogen (secondary N) is 1. The number of carbonyl (C=O) groups is 1. The molecule has 0 bridgehead atoms. The van der Waals surface area contributed by atoms with Gasteiger partial charge in [-0.1, -0.05) is 12.1 Å². The van der Waals surface area contributed by atoms with E-state index >= 15 is 0 Å². The molecule has 1 aromatic heterocycles. The Kier molecular flexibility index (Phi) is 3.86. The molecular formula is C17H19N3O. The van der Waals surface area contributed by atoms with Gasteiger partial charge in [-0.15, -0.1) is 0 Å². The fourth-order valence-electron chi connectivity index (χ4n) is 2.70. The second-order valence-electron chi connectivity index (χ2n) is 5.31. The Hall–Kier alpha value is -2.36. The van der Waals surface area contributed by atoms with Crippen LogP contribution in [0, 0.1) is 0 Å². The lowest BCUT2D eigenvalue weighted by Gasteiger charge is -2.23. The minimum Gasteiger partial charge on any atom is -0.377 e. The molecule has 1 saturated heterocycles. The molecule has 0 aliphatic carbocycles. The monoisotopic (exact) mass is 281 g/mol. The molecule has 1 aliphatic heterocycles. The average Bonchev–Trinajstić information content (AvgIpc) is 2.95. The van der Waals surface area contributed by atoms with Crippen molar-refractivity contribution >= 4 is 17.3 Å². The van der Waals surface area contributed by atoms with Crippen molar-refractivity contribution < 1.29 is 4.79 Å². The Labute approximate surface area is 124 Å². The van der Waals surface area contributed by atoms with Gasteiger partial charge in [-0.2, -0.15) is 0 Å². The number of aromatic nitrogens is 1. The molecule has 3 rings (SSSR count). The molecular weight excluding hydrogens is 262 g/mol. The van der Waals surface area contributed by atoms with E-state index in [1.165, 1.54) is 5.56 Å². The number of para-hydroxylation sites is 2. The van der Waals surface area contributed by atoms with Crippen LogP contribution in [0.15, 0.2) is 48.8 Å². The lowest BCUT2D eigenvalue weighted by molar-refractivity contribution is -0.117. The summed E-state index contributed by atoms with van der Waals surface area (Å²) in [6.45, 7) is 2.92. The standard InChI is InChI=1S/C17H19N3O/c1-13(14-8-10-18-11-9-14)19-15-5-2-3-6-16(15)20-12-4-7-17(20)21/h2-3,5-6,8-11,13,19H,4,7,12H2,1H3. The summed E-state index contributed by atoms with van der Waals surface area (Å²) in [6.07, 6.45) is 5.17. The fraction of sp³-hybridized carbons (Fsp3) is 0.294. The summed E-state index contributed by atoms with van der Waals surface area (Å²) in [7, 11) is 0. The predicted molar refractivity (Wildman–Crippen MR) is 84.3 cm³/mol. The minimum atomic E-state index is 0.159. The van der Waals surface area contributed by atoms with Crippen LogP contribution in [-0.2, 0) is 4.79 Å². The van der Waals surface area contributed by atoms with E-state index in [1.807, 2.05) is 41.3 Å². The molecule has 0 spiro atoms. The summed E-state index contributed by atoms with van der Waals surface area (Å²) in [5.41, 5.74) is 3.14. The molecule has 0 saturated carbocycles. The molecule has 0 radical (unpaired) electrons. The fourth-order valence-corrected chi connectivity index (χ4v) is 2.70. The zero-order valence-electron chi connectivity index (χ0n) is 12.1. The third-order valence-electron chi connectivity index (χ3n) is 3.85. The molecule has 4 heteroatoms. The van der Waals surface area contributed by atoms with Crippen molar-refractivity contribution in [3.8, 4) is 0 Å². The SMILES string of the molecule is CC(Nc1ccccc1N1CCCC1=O)c1ccncc1. The Morgan fingerprint density at radius 3 is 2.67 bits per heavy atom. The van der Waals surface area contributed by atoms with Gasteiger partial charge in [-0.05, 0) is 43.2 Å². The Bertz CT molecular complexity index is 627. The average molecular weight is 281 g/mol. The summed E-state index contributed by atoms with van der Waals surface area (Å²) in [4.78, 5) is 17.9. The molecule has 1 N–H and O–H groups in total. The van der Waals surface area contributed by atoms with Gasteiger partial charge in [0.2, 0.25) is 5.91 Å². The molecule has 1 fully saturated rings. The van der Waals surface area contributed by atoms with Crippen LogP contribution < -0.4 is 10.2 Å². The van der Waals surface area contributed by atoms with E-state index in [1.54, 1.807) is 12.4 Å². The number of carbonyl (C=O) groups excluding carboxylic acids is 1. The first-order valence-electron chi connectivity index (χ1n) is 7.31. The maximum absolute atomic E-state index is 12.0. The summed E-state index contributed by atoms with van der Waals surface area (Å²) in [5, 5.41) is 3.50. The summed E-state index contributed by atoms with van der Waals surface area (Å²) in [5.74, 6) is 0.209. The first-order valence-corrected chi connectivity index (χ1v) is 7.31. The second-order valence-corrected chi connectivity index (χ2v) is 5.31. The molecule has 1 unspecified atom stereocenters. The van der Waals surface area contributed by atoms with Crippen molar-refractivity contribution in [1.82, 2.24) is 4.98 Å². The molecule has 1 aromatic carbocycles. The van der Waals surface area contributed by atoms with Crippen LogP contribution in [0.1, 0.15) is 31.4 Å². The van der Waals surface area contributed by atoms with Crippen LogP contribution in [0.5, 0.6) is 0 Å². The van der Waals surface area contributed by atoms with Gasteiger partial charge < -0.3 is 10.2 Å². The zero-order valence-corrected chi connectivity index (χ0v) is 12.1. The largest absolute Gasteiger partial charge is 0.377 e. The van der Waals surface area contributed by atoms with Gasteiger partial charge in [0.15, 0.2) is 0 Å². The molecule has 1 atom stereocenters. The van der Waals surface area contributed by atoms with E-state index < -0.39 is 0 Å². The van der Waals surface area contributed by atoms with Gasteiger partial charge in [0.25, 0.3) is 0 Å². The molecule has 2 aromatic rings. The van der Waals surface area contributed by atoms with E-state index in [2.05, 4.69) is 17.2 Å². The van der Waals surface area contributed by atoms with E-state index in [0.717, 1.165) is 24.3 Å². The second kappa shape index (κ2) is 5.95. The number of hydrogen-bond donors (Lipinski definition) is 1. The molecule has 1 amide bonds. The smallest absolute Gasteiger partial charge is 0.227 e. The Morgan fingerprint density at radius 1 is 1.19 bits per heavy atom. The lowest BCUT2D eigenvalue weighted by atomic mass is 10.1. The maximum atomic E-state index is 12.0. The Morgan fingerprint density at radius 2 is 1.95 bits per heavy atom. The number of pyridine rings is 1. The quantitative estimate of drug-likeness (QED) is 0.934. The first-order chi connectivity index (χ1) is 10.3. The van der Waals surface area contributed by atoms with Crippen molar-refractivity contribution in [2.45, 2.75) is 25.8 Å². The van der Waals surface area contributed by atoms with Crippen LogP contribution in [0.25, 0.3) is 0 Å². The highest BCUT2D eigenvalue weighted by Crippen LogP contribution is 2.31. The van der Waals surface area contributed by atoms with Crippen molar-refractivity contribution in [1.29, 1.82) is 0 Å². The van der Waals surface area contributed by atoms with E-state index in [4.69, 9.17) is 0 Å². The first kappa shape index (κ1) is 13.6. The molecule has 2 heterocycles. The maximum Gasteiger partial charge on any atom is 0.227 e. The highest BCUT2D eigenvalue weighted by molar-refractivity contribution is 5.98. The zero-order chi connectivity index (χ0) is 14.7. The van der Waals surface area contributed by atoms with Gasteiger partial charge in [0.05, 0.1) is 11.4 Å². The molecule has 21 heavy (non-hydrogen) atoms. The van der Waals surface area contributed by atoms with Gasteiger partial charge in [0, 0.05) is 31.4 Å². The predicted octanol–water partition coefficient (Wildman–Crippen LogP) is 3.38. The minimum absolute atomic E-state index is 0.159. The number of rotatable bonds is 4. The topological polar surface area (TPSA) is 45.2 Å².